The van der Waals surface area contributed by atoms with E-state index in [1.165, 1.54) is 17.8 Å². The van der Waals surface area contributed by atoms with Gasteiger partial charge in [-0.3, -0.25) is 0 Å². The van der Waals surface area contributed by atoms with Crippen molar-refractivity contribution in [3.8, 4) is 0 Å². The van der Waals surface area contributed by atoms with Gasteiger partial charge in [-0.05, 0) is 47.3 Å². The fourth-order valence-corrected chi connectivity index (χ4v) is 5.01. The lowest BCUT2D eigenvalue weighted by Gasteiger charge is -2.22. The second kappa shape index (κ2) is 6.91. The average molecular weight is 433 g/mol. The topological polar surface area (TPSA) is 66.4 Å². The molecule has 0 radical (unpaired) electrons. The van der Waals surface area contributed by atoms with E-state index < -0.39 is 15.6 Å². The van der Waals surface area contributed by atoms with Crippen molar-refractivity contribution >= 4 is 53.6 Å². The van der Waals surface area contributed by atoms with Crippen LogP contribution < -0.4 is 4.72 Å². The van der Waals surface area contributed by atoms with Crippen molar-refractivity contribution in [2.45, 2.75) is 17.4 Å². The zero-order chi connectivity index (χ0) is 14.7. The van der Waals surface area contributed by atoms with E-state index in [1.807, 2.05) is 6.26 Å². The summed E-state index contributed by atoms with van der Waals surface area (Å²) in [5, 5.41) is 9.97. The third-order valence-corrected chi connectivity index (χ3v) is 6.06. The molecule has 1 atom stereocenters. The molecule has 0 aromatic heterocycles. The van der Waals surface area contributed by atoms with E-state index in [0.29, 0.717) is 10.2 Å². The van der Waals surface area contributed by atoms with Gasteiger partial charge in [0.25, 0.3) is 0 Å². The molecule has 1 aromatic carbocycles. The summed E-state index contributed by atoms with van der Waals surface area (Å²) in [6.45, 7) is 1.57. The summed E-state index contributed by atoms with van der Waals surface area (Å²) in [5.41, 5.74) is -1.08. The maximum absolute atomic E-state index is 12.1. The van der Waals surface area contributed by atoms with Crippen molar-refractivity contribution in [1.29, 1.82) is 0 Å². The minimum absolute atomic E-state index is 0.0291. The molecule has 1 unspecified atom stereocenters. The van der Waals surface area contributed by atoms with Crippen LogP contribution in [0, 0.1) is 0 Å². The molecule has 0 heterocycles. The number of benzene rings is 1. The molecule has 0 amide bonds. The minimum Gasteiger partial charge on any atom is -0.388 e. The van der Waals surface area contributed by atoms with Crippen LogP contribution in [0.2, 0.25) is 0 Å². The highest BCUT2D eigenvalue weighted by molar-refractivity contribution is 9.11. The number of hydrogen-bond acceptors (Lipinski definition) is 4. The number of thioether (sulfide) groups is 1. The lowest BCUT2D eigenvalue weighted by atomic mass is 10.1. The van der Waals surface area contributed by atoms with Crippen molar-refractivity contribution in [3.05, 3.63) is 27.1 Å². The quantitative estimate of drug-likeness (QED) is 0.724. The number of sulfonamides is 1. The van der Waals surface area contributed by atoms with E-state index in [9.17, 15) is 13.5 Å². The molecular formula is C11H15Br2NO3S2. The first-order chi connectivity index (χ1) is 8.68. The molecule has 0 aliphatic carbocycles. The zero-order valence-corrected chi connectivity index (χ0v) is 15.3. The molecule has 1 aromatic rings. The van der Waals surface area contributed by atoms with Gasteiger partial charge in [0.05, 0.1) is 10.5 Å². The van der Waals surface area contributed by atoms with Gasteiger partial charge >= 0.3 is 0 Å². The van der Waals surface area contributed by atoms with E-state index in [1.54, 1.807) is 19.1 Å². The van der Waals surface area contributed by atoms with Crippen LogP contribution in [-0.4, -0.2) is 37.7 Å². The second-order valence-electron chi connectivity index (χ2n) is 4.33. The molecule has 0 aliphatic rings. The van der Waals surface area contributed by atoms with Crippen molar-refractivity contribution in [2.75, 3.05) is 18.6 Å². The Labute approximate surface area is 134 Å². The zero-order valence-electron chi connectivity index (χ0n) is 10.5. The first-order valence-electron chi connectivity index (χ1n) is 5.34. The van der Waals surface area contributed by atoms with Crippen LogP contribution in [0.15, 0.2) is 32.0 Å². The third kappa shape index (κ3) is 5.35. The Balaban J connectivity index is 2.87. The van der Waals surface area contributed by atoms with E-state index >= 15 is 0 Å². The molecule has 0 fully saturated rings. The van der Waals surface area contributed by atoms with E-state index in [4.69, 9.17) is 0 Å². The highest BCUT2D eigenvalue weighted by atomic mass is 79.9. The Hall–Kier alpha value is 0.400. The van der Waals surface area contributed by atoms with Gasteiger partial charge in [-0.15, -0.1) is 0 Å². The van der Waals surface area contributed by atoms with Gasteiger partial charge in [0.1, 0.15) is 0 Å². The lowest BCUT2D eigenvalue weighted by molar-refractivity contribution is 0.0908. The SMILES string of the molecule is CSCC(C)(O)CNS(=O)(=O)c1ccc(Br)cc1Br. The predicted octanol–water partition coefficient (Wildman–Crippen LogP) is 2.60. The molecule has 8 heteroatoms. The van der Waals surface area contributed by atoms with Crippen LogP contribution in [0.1, 0.15) is 6.92 Å². The standard InChI is InChI=1S/C11H15Br2NO3S2/c1-11(15,7-18-2)6-14-19(16,17)10-4-3-8(12)5-9(10)13/h3-5,14-15H,6-7H2,1-2H3. The summed E-state index contributed by atoms with van der Waals surface area (Å²) in [5.74, 6) is 0.455. The fraction of sp³-hybridized carbons (Fsp3) is 0.455. The number of rotatable bonds is 6. The van der Waals surface area contributed by atoms with Gasteiger partial charge in [0.15, 0.2) is 0 Å². The summed E-state index contributed by atoms with van der Waals surface area (Å²) < 4.78 is 28.0. The van der Waals surface area contributed by atoms with E-state index in [-0.39, 0.29) is 11.4 Å². The number of aliphatic hydroxyl groups is 1. The summed E-state index contributed by atoms with van der Waals surface area (Å²) in [6, 6.07) is 4.81. The van der Waals surface area contributed by atoms with Crippen molar-refractivity contribution in [2.24, 2.45) is 0 Å². The maximum atomic E-state index is 12.1. The Bertz CT molecular complexity index is 547. The molecule has 0 bridgehead atoms. The van der Waals surface area contributed by atoms with Crippen molar-refractivity contribution < 1.29 is 13.5 Å². The monoisotopic (exact) mass is 431 g/mol. The molecule has 0 aliphatic heterocycles. The Morgan fingerprint density at radius 3 is 2.58 bits per heavy atom. The number of hydrogen-bond donors (Lipinski definition) is 2. The number of halogens is 2. The van der Waals surface area contributed by atoms with E-state index in [0.717, 1.165) is 4.47 Å². The predicted molar refractivity (Wildman–Crippen MR) is 86.0 cm³/mol. The Kier molecular flexibility index (Phi) is 6.34. The molecule has 0 spiro atoms. The minimum atomic E-state index is -3.65. The summed E-state index contributed by atoms with van der Waals surface area (Å²) in [6.07, 6.45) is 1.86. The van der Waals surface area contributed by atoms with Crippen molar-refractivity contribution in [3.63, 3.8) is 0 Å². The fourth-order valence-electron chi connectivity index (χ4n) is 1.38. The molecular weight excluding hydrogens is 418 g/mol. The largest absolute Gasteiger partial charge is 0.388 e. The van der Waals surface area contributed by atoms with Gasteiger partial charge in [0.2, 0.25) is 10.0 Å². The van der Waals surface area contributed by atoms with Gasteiger partial charge in [0, 0.05) is 21.2 Å². The molecule has 2 N–H and O–H groups in total. The molecule has 1 rings (SSSR count). The normalized spacial score (nSPS) is 15.2. The molecule has 108 valence electrons. The summed E-state index contributed by atoms with van der Waals surface area (Å²) in [7, 11) is -3.65. The van der Waals surface area contributed by atoms with Crippen LogP contribution in [0.5, 0.6) is 0 Å². The van der Waals surface area contributed by atoms with Gasteiger partial charge in [-0.25, -0.2) is 13.1 Å². The summed E-state index contributed by atoms with van der Waals surface area (Å²) in [4.78, 5) is 0.149. The Morgan fingerprint density at radius 2 is 2.05 bits per heavy atom. The van der Waals surface area contributed by atoms with Crippen LogP contribution >= 0.6 is 43.6 Å². The first-order valence-corrected chi connectivity index (χ1v) is 9.80. The Morgan fingerprint density at radius 1 is 1.42 bits per heavy atom. The van der Waals surface area contributed by atoms with Gasteiger partial charge < -0.3 is 5.11 Å². The van der Waals surface area contributed by atoms with E-state index in [2.05, 4.69) is 36.6 Å². The highest BCUT2D eigenvalue weighted by Crippen LogP contribution is 2.25. The molecule has 19 heavy (non-hydrogen) atoms. The third-order valence-electron chi connectivity index (χ3n) is 2.28. The van der Waals surface area contributed by atoms with Gasteiger partial charge in [-0.1, -0.05) is 15.9 Å². The van der Waals surface area contributed by atoms with Crippen LogP contribution in [0.3, 0.4) is 0 Å². The van der Waals surface area contributed by atoms with Gasteiger partial charge in [-0.2, -0.15) is 11.8 Å². The van der Waals surface area contributed by atoms with Crippen molar-refractivity contribution in [1.82, 2.24) is 4.72 Å². The second-order valence-corrected chi connectivity index (χ2v) is 8.70. The molecule has 4 nitrogen and oxygen atoms in total. The van der Waals surface area contributed by atoms with Crippen LogP contribution in [-0.2, 0) is 10.0 Å². The highest BCUT2D eigenvalue weighted by Gasteiger charge is 2.24. The lowest BCUT2D eigenvalue weighted by Crippen LogP contribution is -2.42. The van der Waals surface area contributed by atoms with Crippen LogP contribution in [0.4, 0.5) is 0 Å². The average Bonchev–Trinajstić information content (AvgIpc) is 2.26. The molecule has 0 saturated heterocycles. The number of nitrogens with one attached hydrogen (secondary N) is 1. The van der Waals surface area contributed by atoms with Crippen LogP contribution in [0.25, 0.3) is 0 Å². The molecule has 0 saturated carbocycles. The maximum Gasteiger partial charge on any atom is 0.241 e. The summed E-state index contributed by atoms with van der Waals surface area (Å²) >= 11 is 7.94. The smallest absolute Gasteiger partial charge is 0.241 e. The first kappa shape index (κ1) is 17.5.